The van der Waals surface area contributed by atoms with E-state index >= 15 is 0 Å². The van der Waals surface area contributed by atoms with Crippen LogP contribution in [-0.4, -0.2) is 22.4 Å². The minimum absolute atomic E-state index is 0.108. The second kappa shape index (κ2) is 5.44. The molecule has 0 aliphatic heterocycles. The molecule has 0 saturated carbocycles. The zero-order chi connectivity index (χ0) is 19.5. The fourth-order valence-electron chi connectivity index (χ4n) is 2.75. The highest BCUT2D eigenvalue weighted by molar-refractivity contribution is 6.05. The summed E-state index contributed by atoms with van der Waals surface area (Å²) >= 11 is 0. The summed E-state index contributed by atoms with van der Waals surface area (Å²) in [5.41, 5.74) is -7.62. The number of hydrogen-bond donors (Lipinski definition) is 2. The van der Waals surface area contributed by atoms with Gasteiger partial charge in [-0.1, -0.05) is 18.2 Å². The molecule has 3 rings (SSSR count). The average Bonchev–Trinajstić information content (AvgIpc) is 2.51. The molecule has 0 aliphatic rings. The maximum atomic E-state index is 13.9. The van der Waals surface area contributed by atoms with Crippen LogP contribution in [-0.2, 0) is 5.60 Å². The minimum atomic E-state index is -6.05. The lowest BCUT2D eigenvalue weighted by molar-refractivity contribution is -0.376. The molecular weight excluding hydrogens is 371 g/mol. The number of halogens is 7. The summed E-state index contributed by atoms with van der Waals surface area (Å²) in [5.74, 6) is -0.988. The van der Waals surface area contributed by atoms with E-state index in [9.17, 15) is 40.6 Å². The summed E-state index contributed by atoms with van der Waals surface area (Å²) in [6.45, 7) is 0. The van der Waals surface area contributed by atoms with E-state index in [1.54, 1.807) is 0 Å². The predicted molar refractivity (Wildman–Crippen MR) is 78.0 cm³/mol. The smallest absolute Gasteiger partial charge is 0.369 e. The van der Waals surface area contributed by atoms with Gasteiger partial charge in [-0.2, -0.15) is 26.3 Å². The average molecular weight is 379 g/mol. The monoisotopic (exact) mass is 379 g/mol. The van der Waals surface area contributed by atoms with Crippen molar-refractivity contribution >= 4 is 21.7 Å². The molecular formula is C16H8F7NO2. The first-order chi connectivity index (χ1) is 11.9. The van der Waals surface area contributed by atoms with Crippen LogP contribution in [0.3, 0.4) is 0 Å². The number of aliphatic hydroxyl groups is 1. The number of aromatic amines is 1. The van der Waals surface area contributed by atoms with Gasteiger partial charge in [-0.25, -0.2) is 4.39 Å². The third-order valence-corrected chi connectivity index (χ3v) is 4.04. The van der Waals surface area contributed by atoms with Gasteiger partial charge in [0.15, 0.2) is 0 Å². The van der Waals surface area contributed by atoms with E-state index in [4.69, 9.17) is 0 Å². The Hall–Kier alpha value is -2.62. The van der Waals surface area contributed by atoms with Gasteiger partial charge in [-0.3, -0.25) is 4.79 Å². The number of rotatable bonds is 1. The molecule has 0 unspecified atom stereocenters. The second-order valence-corrected chi connectivity index (χ2v) is 5.58. The molecule has 0 aliphatic carbocycles. The molecule has 0 amide bonds. The molecule has 3 nitrogen and oxygen atoms in total. The largest absolute Gasteiger partial charge is 0.430 e. The Morgan fingerprint density at radius 1 is 0.885 bits per heavy atom. The van der Waals surface area contributed by atoms with Crippen LogP contribution in [0.4, 0.5) is 30.7 Å². The first-order valence-electron chi connectivity index (χ1n) is 6.98. The van der Waals surface area contributed by atoms with Gasteiger partial charge in [0.05, 0.1) is 5.39 Å². The van der Waals surface area contributed by atoms with Crippen molar-refractivity contribution in [2.75, 3.05) is 0 Å². The SMILES string of the molecule is O=c1[nH]c2ccc(C(O)(C(F)(F)F)C(F)(F)F)cc2c2cccc(F)c12. The molecule has 0 atom stereocenters. The van der Waals surface area contributed by atoms with Crippen molar-refractivity contribution in [3.63, 3.8) is 0 Å². The Labute approximate surface area is 139 Å². The van der Waals surface area contributed by atoms with E-state index in [0.717, 1.165) is 18.2 Å². The Bertz CT molecular complexity index is 1050. The molecule has 0 radical (unpaired) electrons. The van der Waals surface area contributed by atoms with Gasteiger partial charge >= 0.3 is 12.4 Å². The van der Waals surface area contributed by atoms with Crippen LogP contribution >= 0.6 is 0 Å². The topological polar surface area (TPSA) is 53.1 Å². The number of nitrogens with one attached hydrogen (secondary N) is 1. The molecule has 138 valence electrons. The predicted octanol–water partition coefficient (Wildman–Crippen LogP) is 4.13. The van der Waals surface area contributed by atoms with Crippen molar-refractivity contribution in [1.29, 1.82) is 0 Å². The maximum absolute atomic E-state index is 13.9. The van der Waals surface area contributed by atoms with Gasteiger partial charge in [-0.15, -0.1) is 0 Å². The van der Waals surface area contributed by atoms with Crippen molar-refractivity contribution in [2.24, 2.45) is 0 Å². The highest BCUT2D eigenvalue weighted by atomic mass is 19.4. The molecule has 0 spiro atoms. The lowest BCUT2D eigenvalue weighted by Gasteiger charge is -2.32. The first kappa shape index (κ1) is 18.2. The van der Waals surface area contributed by atoms with Crippen LogP contribution in [0.5, 0.6) is 0 Å². The van der Waals surface area contributed by atoms with Gasteiger partial charge in [0.1, 0.15) is 5.82 Å². The molecule has 2 aromatic carbocycles. The number of alkyl halides is 6. The van der Waals surface area contributed by atoms with Gasteiger partial charge in [-0.05, 0) is 23.6 Å². The van der Waals surface area contributed by atoms with Crippen LogP contribution in [0.25, 0.3) is 21.7 Å². The fraction of sp³-hybridized carbons (Fsp3) is 0.188. The van der Waals surface area contributed by atoms with E-state index in [0.29, 0.717) is 12.1 Å². The van der Waals surface area contributed by atoms with Crippen LogP contribution in [0.1, 0.15) is 5.56 Å². The zero-order valence-corrected chi connectivity index (χ0v) is 12.5. The van der Waals surface area contributed by atoms with Crippen molar-refractivity contribution < 1.29 is 35.8 Å². The zero-order valence-electron chi connectivity index (χ0n) is 12.5. The van der Waals surface area contributed by atoms with E-state index < -0.39 is 40.3 Å². The van der Waals surface area contributed by atoms with Crippen LogP contribution in [0, 0.1) is 5.82 Å². The summed E-state index contributed by atoms with van der Waals surface area (Å²) in [6.07, 6.45) is -12.1. The molecule has 10 heteroatoms. The first-order valence-corrected chi connectivity index (χ1v) is 6.98. The maximum Gasteiger partial charge on any atom is 0.430 e. The highest BCUT2D eigenvalue weighted by Gasteiger charge is 2.71. The molecule has 1 heterocycles. The van der Waals surface area contributed by atoms with E-state index in [2.05, 4.69) is 4.98 Å². The van der Waals surface area contributed by atoms with Crippen molar-refractivity contribution in [2.45, 2.75) is 18.0 Å². The molecule has 1 aromatic heterocycles. The molecule has 0 bridgehead atoms. The van der Waals surface area contributed by atoms with Gasteiger partial charge < -0.3 is 10.1 Å². The van der Waals surface area contributed by atoms with Gasteiger partial charge in [0, 0.05) is 16.5 Å². The summed E-state index contributed by atoms with van der Waals surface area (Å²) < 4.78 is 92.1. The molecule has 0 fully saturated rings. The Kier molecular flexibility index (Phi) is 3.80. The summed E-state index contributed by atoms with van der Waals surface area (Å²) in [7, 11) is 0. The van der Waals surface area contributed by atoms with E-state index in [1.165, 1.54) is 6.07 Å². The van der Waals surface area contributed by atoms with Crippen molar-refractivity contribution in [1.82, 2.24) is 4.98 Å². The quantitative estimate of drug-likeness (QED) is 0.494. The van der Waals surface area contributed by atoms with Gasteiger partial charge in [0.25, 0.3) is 11.2 Å². The Morgan fingerprint density at radius 3 is 2.08 bits per heavy atom. The highest BCUT2D eigenvalue weighted by Crippen LogP contribution is 2.50. The summed E-state index contributed by atoms with van der Waals surface area (Å²) in [5, 5.41) is 8.53. The van der Waals surface area contributed by atoms with Crippen molar-refractivity contribution in [3.05, 3.63) is 58.1 Å². The van der Waals surface area contributed by atoms with Crippen molar-refractivity contribution in [3.8, 4) is 0 Å². The third-order valence-electron chi connectivity index (χ3n) is 4.04. The number of fused-ring (bicyclic) bond motifs is 3. The Balaban J connectivity index is 2.44. The van der Waals surface area contributed by atoms with Gasteiger partial charge in [0.2, 0.25) is 0 Å². The van der Waals surface area contributed by atoms with E-state index in [1.807, 2.05) is 0 Å². The number of hydrogen-bond acceptors (Lipinski definition) is 2. The lowest BCUT2D eigenvalue weighted by Crippen LogP contribution is -2.53. The third kappa shape index (κ3) is 2.44. The summed E-state index contributed by atoms with van der Waals surface area (Å²) in [4.78, 5) is 14.1. The van der Waals surface area contributed by atoms with Crippen LogP contribution in [0.15, 0.2) is 41.2 Å². The number of benzene rings is 2. The number of aromatic nitrogens is 1. The normalized spacial score (nSPS) is 13.5. The fourth-order valence-corrected chi connectivity index (χ4v) is 2.75. The standard InChI is InChI=1S/C16H8F7NO2/c17-10-3-1-2-8-9-6-7(4-5-11(9)24-13(25)12(8)10)14(26,15(18,19)20)16(21,22)23/h1-6,26H,(H,24,25). The lowest BCUT2D eigenvalue weighted by atomic mass is 9.90. The minimum Gasteiger partial charge on any atom is -0.369 e. The summed E-state index contributed by atoms with van der Waals surface area (Å²) in [6, 6.07) is 4.90. The van der Waals surface area contributed by atoms with Crippen LogP contribution in [0.2, 0.25) is 0 Å². The molecule has 0 saturated heterocycles. The molecule has 2 N–H and O–H groups in total. The van der Waals surface area contributed by atoms with E-state index in [-0.39, 0.29) is 16.3 Å². The molecule has 26 heavy (non-hydrogen) atoms. The Morgan fingerprint density at radius 2 is 1.50 bits per heavy atom. The number of H-pyrrole nitrogens is 1. The number of pyridine rings is 1. The second-order valence-electron chi connectivity index (χ2n) is 5.58. The molecule has 3 aromatic rings. The van der Waals surface area contributed by atoms with Crippen LogP contribution < -0.4 is 5.56 Å².